The first kappa shape index (κ1) is 14.7. The summed E-state index contributed by atoms with van der Waals surface area (Å²) in [5, 5.41) is 11.3. The van der Waals surface area contributed by atoms with Gasteiger partial charge in [0.1, 0.15) is 5.69 Å². The first-order valence-corrected chi connectivity index (χ1v) is 6.93. The van der Waals surface area contributed by atoms with Crippen molar-refractivity contribution in [1.82, 2.24) is 4.98 Å². The van der Waals surface area contributed by atoms with Crippen molar-refractivity contribution in [1.29, 1.82) is 0 Å². The van der Waals surface area contributed by atoms with Crippen molar-refractivity contribution in [3.63, 3.8) is 0 Å². The zero-order chi connectivity index (χ0) is 14.7. The van der Waals surface area contributed by atoms with Gasteiger partial charge < -0.3 is 9.47 Å². The van der Waals surface area contributed by atoms with Gasteiger partial charge in [0.05, 0.1) is 18.1 Å². The van der Waals surface area contributed by atoms with Gasteiger partial charge in [-0.15, -0.1) is 0 Å². The van der Waals surface area contributed by atoms with E-state index in [2.05, 4.69) is 9.72 Å². The van der Waals surface area contributed by atoms with E-state index in [0.29, 0.717) is 6.61 Å². The van der Waals surface area contributed by atoms with E-state index in [4.69, 9.17) is 4.74 Å². The predicted molar refractivity (Wildman–Crippen MR) is 71.9 cm³/mol. The van der Waals surface area contributed by atoms with Gasteiger partial charge in [0.25, 0.3) is 0 Å². The smallest absolute Gasteiger partial charge is 0.356 e. The van der Waals surface area contributed by atoms with E-state index in [0.717, 1.165) is 6.42 Å². The van der Waals surface area contributed by atoms with Crippen LogP contribution in [0.15, 0.2) is 17.2 Å². The maximum Gasteiger partial charge on any atom is 0.356 e. The lowest BCUT2D eigenvalue weighted by atomic mass is 10.3. The minimum atomic E-state index is -0.613. The van der Waals surface area contributed by atoms with Crippen LogP contribution in [0.25, 0.3) is 0 Å². The molecule has 0 amide bonds. The molecule has 108 valence electrons. The second-order valence-corrected chi connectivity index (χ2v) is 5.52. The molecule has 0 aromatic carbocycles. The Bertz CT molecular complexity index is 537. The molecule has 0 bridgehead atoms. The Morgan fingerprint density at radius 3 is 2.90 bits per heavy atom. The molecule has 0 radical (unpaired) electrons. The number of nitrogens with zero attached hydrogens (tertiary/aromatic N) is 2. The van der Waals surface area contributed by atoms with Crippen molar-refractivity contribution in [3.8, 4) is 0 Å². The number of pyridine rings is 1. The van der Waals surface area contributed by atoms with Crippen LogP contribution in [0.5, 0.6) is 0 Å². The molecule has 0 saturated carbocycles. The van der Waals surface area contributed by atoms with Crippen molar-refractivity contribution < 1.29 is 19.2 Å². The maximum atomic E-state index is 11.5. The van der Waals surface area contributed by atoms with Gasteiger partial charge in [-0.2, -0.15) is 0 Å². The Kier molecular flexibility index (Phi) is 4.56. The first-order chi connectivity index (χ1) is 9.52. The fourth-order valence-corrected chi connectivity index (χ4v) is 3.07. The number of carbonyl (C=O) groups is 1. The molecule has 1 saturated heterocycles. The predicted octanol–water partition coefficient (Wildman–Crippen LogP) is 2.05. The third-order valence-electron chi connectivity index (χ3n) is 3.00. The van der Waals surface area contributed by atoms with Crippen LogP contribution in [0.4, 0.5) is 5.69 Å². The lowest BCUT2D eigenvalue weighted by Gasteiger charge is -2.13. The highest BCUT2D eigenvalue weighted by atomic mass is 32.2. The quantitative estimate of drug-likeness (QED) is 0.477. The summed E-state index contributed by atoms with van der Waals surface area (Å²) in [6.45, 7) is 2.55. The number of hydrogen-bond acceptors (Lipinski definition) is 7. The van der Waals surface area contributed by atoms with E-state index >= 15 is 0 Å². The van der Waals surface area contributed by atoms with Crippen molar-refractivity contribution in [2.75, 3.05) is 13.7 Å². The Labute approximate surface area is 119 Å². The van der Waals surface area contributed by atoms with Crippen LogP contribution in [-0.4, -0.2) is 40.9 Å². The summed E-state index contributed by atoms with van der Waals surface area (Å²) in [4.78, 5) is 26.0. The lowest BCUT2D eigenvalue weighted by Crippen LogP contribution is -2.14. The fraction of sp³-hybridized carbons (Fsp3) is 0.500. The summed E-state index contributed by atoms with van der Waals surface area (Å²) in [5.74, 6) is -0.613. The highest BCUT2D eigenvalue weighted by Crippen LogP contribution is 2.36. The van der Waals surface area contributed by atoms with Crippen LogP contribution < -0.4 is 0 Å². The standard InChI is InChI=1S/C12H14N2O5S/c1-7-10(5-6-19-7)20-11-9(14(16)17)4-3-8(13-11)12(15)18-2/h3-4,7,10H,5-6H2,1-2H3. The van der Waals surface area contributed by atoms with Gasteiger partial charge in [-0.05, 0) is 19.4 Å². The van der Waals surface area contributed by atoms with Gasteiger partial charge in [0, 0.05) is 17.9 Å². The van der Waals surface area contributed by atoms with E-state index in [1.807, 2.05) is 6.92 Å². The Hall–Kier alpha value is -1.67. The summed E-state index contributed by atoms with van der Waals surface area (Å²) in [6.07, 6.45) is 0.802. The van der Waals surface area contributed by atoms with E-state index in [1.165, 1.54) is 31.0 Å². The van der Waals surface area contributed by atoms with Crippen LogP contribution in [0.1, 0.15) is 23.8 Å². The highest BCUT2D eigenvalue weighted by Gasteiger charge is 2.29. The molecule has 1 aliphatic rings. The van der Waals surface area contributed by atoms with Crippen molar-refractivity contribution >= 4 is 23.4 Å². The molecule has 0 N–H and O–H groups in total. The summed E-state index contributed by atoms with van der Waals surface area (Å²) in [6, 6.07) is 2.57. The second-order valence-electron chi connectivity index (χ2n) is 4.29. The molecule has 20 heavy (non-hydrogen) atoms. The number of hydrogen-bond donors (Lipinski definition) is 0. The number of esters is 1. The molecule has 2 rings (SSSR count). The Morgan fingerprint density at radius 2 is 2.35 bits per heavy atom. The molecule has 1 aliphatic heterocycles. The molecule has 0 spiro atoms. The summed E-state index contributed by atoms with van der Waals surface area (Å²) in [7, 11) is 1.24. The molecule has 8 heteroatoms. The van der Waals surface area contributed by atoms with Gasteiger partial charge in [0.2, 0.25) is 0 Å². The van der Waals surface area contributed by atoms with Crippen LogP contribution in [-0.2, 0) is 9.47 Å². The number of carbonyl (C=O) groups excluding carboxylic acids is 1. The van der Waals surface area contributed by atoms with Crippen LogP contribution in [0.3, 0.4) is 0 Å². The fourth-order valence-electron chi connectivity index (χ4n) is 1.89. The SMILES string of the molecule is COC(=O)c1ccc([N+](=O)[O-])c(SC2CCOC2C)n1. The number of aromatic nitrogens is 1. The topological polar surface area (TPSA) is 91.6 Å². The minimum Gasteiger partial charge on any atom is -0.464 e. The Morgan fingerprint density at radius 1 is 1.60 bits per heavy atom. The zero-order valence-corrected chi connectivity index (χ0v) is 11.9. The van der Waals surface area contributed by atoms with E-state index in [1.54, 1.807) is 0 Å². The number of rotatable bonds is 4. The molecule has 1 aromatic rings. The monoisotopic (exact) mass is 298 g/mol. The third-order valence-corrected chi connectivity index (χ3v) is 4.45. The molecule has 2 atom stereocenters. The zero-order valence-electron chi connectivity index (χ0n) is 11.1. The normalized spacial score (nSPS) is 21.7. The van der Waals surface area contributed by atoms with Crippen LogP contribution in [0, 0.1) is 10.1 Å². The molecular formula is C12H14N2O5S. The molecule has 7 nitrogen and oxygen atoms in total. The van der Waals surface area contributed by atoms with Gasteiger partial charge in [-0.1, -0.05) is 11.8 Å². The Balaban J connectivity index is 2.31. The number of ether oxygens (including phenoxy) is 2. The van der Waals surface area contributed by atoms with Crippen LogP contribution >= 0.6 is 11.8 Å². The van der Waals surface area contributed by atoms with E-state index < -0.39 is 10.9 Å². The molecule has 2 unspecified atom stereocenters. The lowest BCUT2D eigenvalue weighted by molar-refractivity contribution is -0.388. The second kappa shape index (κ2) is 6.19. The number of methoxy groups -OCH3 is 1. The van der Waals surface area contributed by atoms with Gasteiger partial charge in [0.15, 0.2) is 5.03 Å². The van der Waals surface area contributed by atoms with Gasteiger partial charge in [-0.3, -0.25) is 10.1 Å². The van der Waals surface area contributed by atoms with Gasteiger partial charge >= 0.3 is 11.7 Å². The molecule has 1 fully saturated rings. The number of nitro groups is 1. The average Bonchev–Trinajstić information content (AvgIpc) is 2.83. The molecule has 2 heterocycles. The highest BCUT2D eigenvalue weighted by molar-refractivity contribution is 8.00. The van der Waals surface area contributed by atoms with Crippen LogP contribution in [0.2, 0.25) is 0 Å². The third kappa shape index (κ3) is 3.07. The van der Waals surface area contributed by atoms with Crippen molar-refractivity contribution in [3.05, 3.63) is 27.9 Å². The molecular weight excluding hydrogens is 284 g/mol. The summed E-state index contributed by atoms with van der Waals surface area (Å²) >= 11 is 1.27. The van der Waals surface area contributed by atoms with E-state index in [-0.39, 0.29) is 27.8 Å². The molecule has 1 aromatic heterocycles. The minimum absolute atomic E-state index is 0.00295. The summed E-state index contributed by atoms with van der Waals surface area (Å²) in [5.41, 5.74) is -0.0473. The number of thioether (sulfide) groups is 1. The summed E-state index contributed by atoms with van der Waals surface area (Å²) < 4.78 is 10.0. The largest absolute Gasteiger partial charge is 0.464 e. The average molecular weight is 298 g/mol. The van der Waals surface area contributed by atoms with Crippen molar-refractivity contribution in [2.24, 2.45) is 0 Å². The van der Waals surface area contributed by atoms with Gasteiger partial charge in [-0.25, -0.2) is 9.78 Å². The van der Waals surface area contributed by atoms with Crippen molar-refractivity contribution in [2.45, 2.75) is 29.7 Å². The first-order valence-electron chi connectivity index (χ1n) is 6.05. The van der Waals surface area contributed by atoms with E-state index in [9.17, 15) is 14.9 Å². The molecule has 0 aliphatic carbocycles. The maximum absolute atomic E-state index is 11.5.